The van der Waals surface area contributed by atoms with E-state index in [4.69, 9.17) is 4.74 Å². The zero-order chi connectivity index (χ0) is 20.3. The molecule has 1 aliphatic heterocycles. The van der Waals surface area contributed by atoms with E-state index in [0.717, 1.165) is 28.2 Å². The van der Waals surface area contributed by atoms with E-state index in [1.54, 1.807) is 13.2 Å². The Labute approximate surface area is 167 Å². The summed E-state index contributed by atoms with van der Waals surface area (Å²) in [5.41, 5.74) is 1.69. The van der Waals surface area contributed by atoms with Crippen molar-refractivity contribution in [1.29, 1.82) is 0 Å². The molecule has 0 aliphatic carbocycles. The van der Waals surface area contributed by atoms with Crippen molar-refractivity contribution in [2.45, 2.75) is 26.4 Å². The molecule has 8 heteroatoms. The molecule has 1 aromatic carbocycles. The Morgan fingerprint density at radius 1 is 1.29 bits per heavy atom. The molecular formula is C20H23N3O4S. The number of imide groups is 1. The molecule has 1 saturated heterocycles. The number of fused-ring (bicyclic) bond motifs is 1. The molecule has 0 unspecified atom stereocenters. The largest absolute Gasteiger partial charge is 0.383 e. The molecule has 0 spiro atoms. The van der Waals surface area contributed by atoms with Crippen LogP contribution in [-0.2, 0) is 20.9 Å². The molecule has 3 rings (SSSR count). The topological polar surface area (TPSA) is 80.6 Å². The van der Waals surface area contributed by atoms with Crippen LogP contribution in [0.4, 0.5) is 4.79 Å². The average molecular weight is 401 g/mol. The van der Waals surface area contributed by atoms with Crippen molar-refractivity contribution < 1.29 is 19.1 Å². The van der Waals surface area contributed by atoms with E-state index in [1.165, 1.54) is 4.90 Å². The fourth-order valence-electron chi connectivity index (χ4n) is 3.09. The second-order valence-electron chi connectivity index (χ2n) is 6.72. The molecule has 0 radical (unpaired) electrons. The molecule has 148 valence electrons. The van der Waals surface area contributed by atoms with E-state index in [9.17, 15) is 14.4 Å². The SMILES string of the molecule is COCCNC(=O)Cn1cc(/C=C2\SC(=O)N(C(C)C)C2=O)c2ccccc21. The number of carbonyl (C=O) groups is 3. The van der Waals surface area contributed by atoms with Gasteiger partial charge in [0.25, 0.3) is 11.1 Å². The van der Waals surface area contributed by atoms with Gasteiger partial charge in [-0.2, -0.15) is 0 Å². The van der Waals surface area contributed by atoms with Crippen LogP contribution in [0.25, 0.3) is 17.0 Å². The van der Waals surface area contributed by atoms with Crippen LogP contribution < -0.4 is 5.32 Å². The highest BCUT2D eigenvalue weighted by Gasteiger charge is 2.36. The Balaban J connectivity index is 1.90. The molecule has 2 heterocycles. The highest BCUT2D eigenvalue weighted by atomic mass is 32.2. The van der Waals surface area contributed by atoms with E-state index in [1.807, 2.05) is 48.9 Å². The number of aromatic nitrogens is 1. The standard InChI is InChI=1S/C20H23N3O4S/c1-13(2)23-19(25)17(28-20(23)26)10-14-11-22(12-18(24)21-8-9-27-3)16-7-5-4-6-15(14)16/h4-7,10-11,13H,8-9,12H2,1-3H3,(H,21,24)/b17-10-. The van der Waals surface area contributed by atoms with Gasteiger partial charge >= 0.3 is 0 Å². The summed E-state index contributed by atoms with van der Waals surface area (Å²) >= 11 is 0.946. The maximum Gasteiger partial charge on any atom is 0.293 e. The first-order valence-electron chi connectivity index (χ1n) is 9.03. The Hall–Kier alpha value is -2.58. The first-order chi connectivity index (χ1) is 13.4. The molecule has 2 aromatic rings. The second-order valence-corrected chi connectivity index (χ2v) is 7.71. The number of hydrogen-bond acceptors (Lipinski definition) is 5. The van der Waals surface area contributed by atoms with Crippen molar-refractivity contribution in [2.75, 3.05) is 20.3 Å². The van der Waals surface area contributed by atoms with E-state index in [0.29, 0.717) is 18.1 Å². The lowest BCUT2D eigenvalue weighted by molar-refractivity contribution is -0.124. The second kappa shape index (κ2) is 8.62. The van der Waals surface area contributed by atoms with Crippen molar-refractivity contribution >= 4 is 45.8 Å². The summed E-state index contributed by atoms with van der Waals surface area (Å²) in [6, 6.07) is 7.48. The van der Waals surface area contributed by atoms with Gasteiger partial charge in [-0.25, -0.2) is 0 Å². The molecule has 3 amide bonds. The fraction of sp³-hybridized carbons (Fsp3) is 0.350. The minimum absolute atomic E-state index is 0.121. The Morgan fingerprint density at radius 2 is 2.04 bits per heavy atom. The van der Waals surface area contributed by atoms with E-state index < -0.39 is 0 Å². The number of para-hydroxylation sites is 1. The van der Waals surface area contributed by atoms with Crippen LogP contribution >= 0.6 is 11.8 Å². The van der Waals surface area contributed by atoms with Gasteiger partial charge in [0.2, 0.25) is 5.91 Å². The van der Waals surface area contributed by atoms with Gasteiger partial charge in [-0.15, -0.1) is 0 Å². The number of hydrogen-bond donors (Lipinski definition) is 1. The minimum Gasteiger partial charge on any atom is -0.383 e. The maximum atomic E-state index is 12.6. The Kier molecular flexibility index (Phi) is 6.21. The van der Waals surface area contributed by atoms with Gasteiger partial charge in [0, 0.05) is 42.4 Å². The third-order valence-corrected chi connectivity index (χ3v) is 5.27. The highest BCUT2D eigenvalue weighted by molar-refractivity contribution is 8.18. The lowest BCUT2D eigenvalue weighted by Crippen LogP contribution is -2.34. The molecule has 1 N–H and O–H groups in total. The minimum atomic E-state index is -0.279. The van der Waals surface area contributed by atoms with Crippen LogP contribution in [0, 0.1) is 0 Å². The van der Waals surface area contributed by atoms with Crippen LogP contribution in [0.15, 0.2) is 35.4 Å². The van der Waals surface area contributed by atoms with Crippen molar-refractivity contribution in [1.82, 2.24) is 14.8 Å². The number of nitrogens with one attached hydrogen (secondary N) is 1. The molecule has 0 saturated carbocycles. The summed E-state index contributed by atoms with van der Waals surface area (Å²) in [6.07, 6.45) is 3.57. The van der Waals surface area contributed by atoms with Gasteiger partial charge in [-0.05, 0) is 37.8 Å². The average Bonchev–Trinajstić information content (AvgIpc) is 3.13. The zero-order valence-electron chi connectivity index (χ0n) is 16.1. The summed E-state index contributed by atoms with van der Waals surface area (Å²) in [4.78, 5) is 38.5. The molecule has 1 fully saturated rings. The summed E-state index contributed by atoms with van der Waals surface area (Å²) in [7, 11) is 1.58. The van der Waals surface area contributed by atoms with Crippen molar-refractivity contribution in [3.05, 3.63) is 40.9 Å². The Morgan fingerprint density at radius 3 is 2.71 bits per heavy atom. The third kappa shape index (κ3) is 4.13. The number of thioether (sulfide) groups is 1. The molecule has 1 aliphatic rings. The van der Waals surface area contributed by atoms with Gasteiger partial charge in [0.15, 0.2) is 0 Å². The monoisotopic (exact) mass is 401 g/mol. The van der Waals surface area contributed by atoms with Gasteiger partial charge in [0.05, 0.1) is 11.5 Å². The summed E-state index contributed by atoms with van der Waals surface area (Å²) < 4.78 is 6.78. The van der Waals surface area contributed by atoms with Gasteiger partial charge in [-0.1, -0.05) is 18.2 Å². The number of ether oxygens (including phenoxy) is 1. The number of methoxy groups -OCH3 is 1. The van der Waals surface area contributed by atoms with Crippen LogP contribution in [0.5, 0.6) is 0 Å². The van der Waals surface area contributed by atoms with E-state index in [2.05, 4.69) is 5.32 Å². The normalized spacial score (nSPS) is 16.0. The lowest BCUT2D eigenvalue weighted by atomic mass is 10.1. The van der Waals surface area contributed by atoms with E-state index in [-0.39, 0.29) is 29.6 Å². The van der Waals surface area contributed by atoms with Crippen LogP contribution in [0.2, 0.25) is 0 Å². The number of rotatable bonds is 7. The van der Waals surface area contributed by atoms with Crippen molar-refractivity contribution in [2.24, 2.45) is 0 Å². The number of carbonyl (C=O) groups excluding carboxylic acids is 3. The molecule has 0 atom stereocenters. The van der Waals surface area contributed by atoms with Crippen LogP contribution in [-0.4, -0.2) is 52.8 Å². The fourth-order valence-corrected chi connectivity index (χ4v) is 4.04. The quantitative estimate of drug-likeness (QED) is 0.570. The van der Waals surface area contributed by atoms with Gasteiger partial charge < -0.3 is 14.6 Å². The predicted molar refractivity (Wildman–Crippen MR) is 110 cm³/mol. The summed E-state index contributed by atoms with van der Waals surface area (Å²) in [5, 5.41) is 3.46. The molecule has 1 aromatic heterocycles. The van der Waals surface area contributed by atoms with Gasteiger partial charge in [-0.3, -0.25) is 19.3 Å². The smallest absolute Gasteiger partial charge is 0.293 e. The van der Waals surface area contributed by atoms with Crippen molar-refractivity contribution in [3.8, 4) is 0 Å². The first-order valence-corrected chi connectivity index (χ1v) is 9.84. The molecule has 0 bridgehead atoms. The maximum absolute atomic E-state index is 12.6. The number of benzene rings is 1. The molecule has 7 nitrogen and oxygen atoms in total. The molecular weight excluding hydrogens is 378 g/mol. The lowest BCUT2D eigenvalue weighted by Gasteiger charge is -2.16. The number of amides is 3. The zero-order valence-corrected chi connectivity index (χ0v) is 16.9. The highest BCUT2D eigenvalue weighted by Crippen LogP contribution is 2.35. The predicted octanol–water partition coefficient (Wildman–Crippen LogP) is 2.85. The van der Waals surface area contributed by atoms with Crippen LogP contribution in [0.1, 0.15) is 19.4 Å². The first kappa shape index (κ1) is 20.2. The summed E-state index contributed by atoms with van der Waals surface area (Å²) in [5.74, 6) is -0.399. The van der Waals surface area contributed by atoms with Crippen molar-refractivity contribution in [3.63, 3.8) is 0 Å². The van der Waals surface area contributed by atoms with Crippen LogP contribution in [0.3, 0.4) is 0 Å². The van der Waals surface area contributed by atoms with E-state index >= 15 is 0 Å². The molecule has 28 heavy (non-hydrogen) atoms. The number of nitrogens with zero attached hydrogens (tertiary/aromatic N) is 2. The van der Waals surface area contributed by atoms with Gasteiger partial charge in [0.1, 0.15) is 6.54 Å². The Bertz CT molecular complexity index is 948. The summed E-state index contributed by atoms with van der Waals surface area (Å²) in [6.45, 7) is 4.69. The third-order valence-electron chi connectivity index (χ3n) is 4.39.